The Morgan fingerprint density at radius 2 is 2.07 bits per heavy atom. The molecule has 0 saturated carbocycles. The van der Waals surface area contributed by atoms with E-state index in [1.54, 1.807) is 7.11 Å². The summed E-state index contributed by atoms with van der Waals surface area (Å²) in [5, 5.41) is 0. The number of carbonyl (C=O) groups excluding carboxylic acids is 1. The second-order valence-corrected chi connectivity index (χ2v) is 7.65. The molecular weight excluding hydrogens is 356 g/mol. The summed E-state index contributed by atoms with van der Waals surface area (Å²) < 4.78 is 11.6. The molecule has 1 aromatic heterocycles. The van der Waals surface area contributed by atoms with Crippen LogP contribution in [0.1, 0.15) is 24.8 Å². The largest absolute Gasteiger partial charge is 0.496 e. The van der Waals surface area contributed by atoms with Gasteiger partial charge in [-0.2, -0.15) is 0 Å². The molecule has 3 aliphatic rings. The number of benzene rings is 1. The summed E-state index contributed by atoms with van der Waals surface area (Å²) in [5.41, 5.74) is 1.51. The molecule has 0 unspecified atom stereocenters. The topological polar surface area (TPSA) is 67.8 Å². The molecule has 0 radical (unpaired) electrons. The van der Waals surface area contributed by atoms with E-state index in [9.17, 15) is 4.79 Å². The van der Waals surface area contributed by atoms with Crippen molar-refractivity contribution in [2.75, 3.05) is 26.8 Å². The zero-order valence-electron chi connectivity index (χ0n) is 16.0. The zero-order valence-corrected chi connectivity index (χ0v) is 16.0. The van der Waals surface area contributed by atoms with Crippen LogP contribution in [0.4, 0.5) is 0 Å². The van der Waals surface area contributed by atoms with Crippen LogP contribution in [0.15, 0.2) is 36.7 Å². The van der Waals surface area contributed by atoms with Gasteiger partial charge in [-0.25, -0.2) is 9.97 Å². The second-order valence-electron chi connectivity index (χ2n) is 7.65. The Kier molecular flexibility index (Phi) is 4.29. The summed E-state index contributed by atoms with van der Waals surface area (Å²) in [6.07, 6.45) is 6.09. The van der Waals surface area contributed by atoms with E-state index in [4.69, 9.17) is 9.47 Å². The molecule has 1 spiro atoms. The summed E-state index contributed by atoms with van der Waals surface area (Å²) in [5.74, 6) is 1.63. The predicted octanol–water partition coefficient (Wildman–Crippen LogP) is 2.08. The Morgan fingerprint density at radius 1 is 1.25 bits per heavy atom. The lowest BCUT2D eigenvalue weighted by atomic mass is 10.0. The van der Waals surface area contributed by atoms with E-state index in [2.05, 4.69) is 14.9 Å². The first kappa shape index (κ1) is 17.6. The van der Waals surface area contributed by atoms with Crippen molar-refractivity contribution in [1.29, 1.82) is 0 Å². The number of hydrogen-bond acceptors (Lipinski definition) is 6. The third-order valence-corrected chi connectivity index (χ3v) is 6.16. The molecule has 0 N–H and O–H groups in total. The maximum Gasteiger partial charge on any atom is 0.226 e. The summed E-state index contributed by atoms with van der Waals surface area (Å²) >= 11 is 0. The molecule has 7 heteroatoms. The van der Waals surface area contributed by atoms with E-state index in [-0.39, 0.29) is 11.9 Å². The maximum absolute atomic E-state index is 12.5. The number of carbonyl (C=O) groups is 1. The van der Waals surface area contributed by atoms with E-state index >= 15 is 0 Å². The van der Waals surface area contributed by atoms with Gasteiger partial charge >= 0.3 is 0 Å². The van der Waals surface area contributed by atoms with Gasteiger partial charge in [-0.05, 0) is 18.6 Å². The molecule has 4 heterocycles. The van der Waals surface area contributed by atoms with Crippen LogP contribution in [0, 0.1) is 0 Å². The van der Waals surface area contributed by atoms with Crippen LogP contribution in [0.25, 0.3) is 11.4 Å². The normalized spacial score (nSPS) is 27.0. The molecule has 3 aliphatic heterocycles. The van der Waals surface area contributed by atoms with Crippen LogP contribution in [-0.4, -0.2) is 64.2 Å². The number of nitrogens with zero attached hydrogens (tertiary/aromatic N) is 4. The van der Waals surface area contributed by atoms with Crippen LogP contribution in [-0.2, 0) is 16.1 Å². The average molecular weight is 380 g/mol. The summed E-state index contributed by atoms with van der Waals surface area (Å²) in [6.45, 7) is 3.20. The van der Waals surface area contributed by atoms with Crippen molar-refractivity contribution in [2.45, 2.75) is 37.6 Å². The van der Waals surface area contributed by atoms with Gasteiger partial charge in [0.05, 0.1) is 25.3 Å². The molecular formula is C21H24N4O3. The van der Waals surface area contributed by atoms with Crippen molar-refractivity contribution in [3.05, 3.63) is 42.2 Å². The first-order chi connectivity index (χ1) is 13.7. The highest BCUT2D eigenvalue weighted by Crippen LogP contribution is 2.45. The van der Waals surface area contributed by atoms with Gasteiger partial charge in [0.15, 0.2) is 11.5 Å². The minimum Gasteiger partial charge on any atom is -0.496 e. The highest BCUT2D eigenvalue weighted by Gasteiger charge is 2.60. The second kappa shape index (κ2) is 6.83. The third kappa shape index (κ3) is 2.69. The highest BCUT2D eigenvalue weighted by atomic mass is 16.5. The van der Waals surface area contributed by atoms with Crippen LogP contribution < -0.4 is 4.74 Å². The van der Waals surface area contributed by atoms with Crippen molar-refractivity contribution in [1.82, 2.24) is 19.8 Å². The number of likely N-dealkylation sites (tertiary alicyclic amines) is 1. The molecule has 146 valence electrons. The molecule has 3 fully saturated rings. The zero-order chi connectivity index (χ0) is 19.1. The Labute approximate surface area is 164 Å². The number of methoxy groups -OCH3 is 1. The van der Waals surface area contributed by atoms with Gasteiger partial charge in [0.1, 0.15) is 5.75 Å². The van der Waals surface area contributed by atoms with Crippen molar-refractivity contribution in [2.24, 2.45) is 0 Å². The highest BCUT2D eigenvalue weighted by molar-refractivity contribution is 5.81. The molecule has 1 amide bonds. The van der Waals surface area contributed by atoms with Crippen molar-refractivity contribution >= 4 is 5.91 Å². The third-order valence-electron chi connectivity index (χ3n) is 6.16. The van der Waals surface area contributed by atoms with Gasteiger partial charge in [0, 0.05) is 50.4 Å². The first-order valence-corrected chi connectivity index (χ1v) is 9.84. The summed E-state index contributed by atoms with van der Waals surface area (Å²) in [7, 11) is 1.65. The summed E-state index contributed by atoms with van der Waals surface area (Å²) in [6, 6.07) is 7.86. The van der Waals surface area contributed by atoms with Crippen molar-refractivity contribution < 1.29 is 14.3 Å². The van der Waals surface area contributed by atoms with Gasteiger partial charge in [-0.1, -0.05) is 12.1 Å². The first-order valence-electron chi connectivity index (χ1n) is 9.84. The van der Waals surface area contributed by atoms with Crippen LogP contribution in [0.5, 0.6) is 5.75 Å². The van der Waals surface area contributed by atoms with E-state index in [0.717, 1.165) is 56.0 Å². The van der Waals surface area contributed by atoms with Gasteiger partial charge in [-0.3, -0.25) is 9.69 Å². The van der Waals surface area contributed by atoms with Gasteiger partial charge in [0.25, 0.3) is 0 Å². The molecule has 0 aliphatic carbocycles. The molecule has 2 aromatic rings. The van der Waals surface area contributed by atoms with Crippen molar-refractivity contribution in [3.8, 4) is 17.1 Å². The fraction of sp³-hybridized carbons (Fsp3) is 0.476. The predicted molar refractivity (Wildman–Crippen MR) is 102 cm³/mol. The fourth-order valence-electron chi connectivity index (χ4n) is 4.86. The lowest BCUT2D eigenvalue weighted by molar-refractivity contribution is -0.180. The number of para-hydroxylation sites is 1. The van der Waals surface area contributed by atoms with E-state index in [1.165, 1.54) is 0 Å². The van der Waals surface area contributed by atoms with Crippen LogP contribution >= 0.6 is 0 Å². The summed E-state index contributed by atoms with van der Waals surface area (Å²) in [4.78, 5) is 25.9. The SMILES string of the molecule is COc1ccccc1-c1ncc(CN2CC[C@@]34OCCCN3C(=O)C[C@@H]24)cn1. The monoisotopic (exact) mass is 380 g/mol. The fourth-order valence-corrected chi connectivity index (χ4v) is 4.86. The van der Waals surface area contributed by atoms with E-state index in [0.29, 0.717) is 12.2 Å². The van der Waals surface area contributed by atoms with E-state index < -0.39 is 5.72 Å². The van der Waals surface area contributed by atoms with Gasteiger partial charge in [-0.15, -0.1) is 0 Å². The molecule has 1 aromatic carbocycles. The minimum absolute atomic E-state index is 0.120. The quantitative estimate of drug-likeness (QED) is 0.809. The molecule has 0 bridgehead atoms. The lowest BCUT2D eigenvalue weighted by Crippen LogP contribution is -2.56. The number of hydrogen-bond donors (Lipinski definition) is 0. The molecule has 5 rings (SSSR count). The Balaban J connectivity index is 1.34. The molecule has 28 heavy (non-hydrogen) atoms. The van der Waals surface area contributed by atoms with Gasteiger partial charge in [0.2, 0.25) is 5.91 Å². The number of amides is 1. The van der Waals surface area contributed by atoms with Crippen LogP contribution in [0.3, 0.4) is 0 Å². The standard InChI is InChI=1S/C21H24N4O3/c1-27-17-6-3-2-5-16(17)20-22-12-15(13-23-20)14-24-9-7-21-18(24)11-19(26)25(21)8-4-10-28-21/h2-3,5-6,12-13,18H,4,7-11,14H2,1H3/t18-,21+/m1/s1. The minimum atomic E-state index is -0.409. The number of rotatable bonds is 4. The number of ether oxygens (including phenoxy) is 2. The van der Waals surface area contributed by atoms with Gasteiger partial charge < -0.3 is 14.4 Å². The lowest BCUT2D eigenvalue weighted by Gasteiger charge is -2.42. The Bertz CT molecular complexity index is 887. The smallest absolute Gasteiger partial charge is 0.226 e. The Hall–Kier alpha value is -2.51. The van der Waals surface area contributed by atoms with E-state index in [1.807, 2.05) is 41.6 Å². The Morgan fingerprint density at radius 3 is 2.89 bits per heavy atom. The number of aromatic nitrogens is 2. The van der Waals surface area contributed by atoms with Crippen molar-refractivity contribution in [3.63, 3.8) is 0 Å². The molecule has 7 nitrogen and oxygen atoms in total. The maximum atomic E-state index is 12.5. The molecule has 2 atom stereocenters. The average Bonchev–Trinajstić information content (AvgIpc) is 3.21. The van der Waals surface area contributed by atoms with Crippen LogP contribution in [0.2, 0.25) is 0 Å². The molecule has 3 saturated heterocycles.